The van der Waals surface area contributed by atoms with E-state index in [1.165, 1.54) is 30.3 Å². The minimum atomic E-state index is 0.544. The smallest absolute Gasteiger partial charge is 0.137 e. The molecular weight excluding hydrogens is 260 g/mol. The molecular formula is C17H28N4. The monoisotopic (exact) mass is 288 g/mol. The van der Waals surface area contributed by atoms with Crippen molar-refractivity contribution in [2.24, 2.45) is 0 Å². The Kier molecular flexibility index (Phi) is 6.21. The van der Waals surface area contributed by atoms with E-state index in [4.69, 9.17) is 0 Å². The number of rotatable bonds is 9. The molecule has 0 radical (unpaired) electrons. The normalized spacial score (nSPS) is 13.1. The average molecular weight is 288 g/mol. The second-order valence-corrected chi connectivity index (χ2v) is 5.66. The Morgan fingerprint density at radius 2 is 2.14 bits per heavy atom. The first-order valence-corrected chi connectivity index (χ1v) is 8.11. The minimum Gasteiger partial charge on any atom is -0.346 e. The highest BCUT2D eigenvalue weighted by Gasteiger charge is 2.07. The zero-order chi connectivity index (χ0) is 15.1. The summed E-state index contributed by atoms with van der Waals surface area (Å²) in [6.45, 7) is 11.2. The topological polar surface area (TPSA) is 44.0 Å². The highest BCUT2D eigenvalue weighted by molar-refractivity contribution is 5.79. The molecule has 0 saturated carbocycles. The molecule has 0 aliphatic heterocycles. The van der Waals surface area contributed by atoms with Crippen LogP contribution in [0.25, 0.3) is 11.0 Å². The van der Waals surface area contributed by atoms with E-state index < -0.39 is 0 Å². The standard InChI is InChI=1S/C17H28N4/c1-4-21(5-2)11-7-8-14(3)19-12-15-13-20-17-16(15)9-6-10-18-17/h6,9-10,13-14,19H,4-5,7-8,11-12H2,1-3H3,(H,18,20). The molecule has 2 heterocycles. The molecule has 0 aliphatic carbocycles. The molecule has 21 heavy (non-hydrogen) atoms. The highest BCUT2D eigenvalue weighted by Crippen LogP contribution is 2.15. The van der Waals surface area contributed by atoms with Gasteiger partial charge in [0.15, 0.2) is 0 Å². The van der Waals surface area contributed by atoms with E-state index in [2.05, 4.69) is 53.2 Å². The predicted molar refractivity (Wildman–Crippen MR) is 89.4 cm³/mol. The van der Waals surface area contributed by atoms with E-state index in [1.54, 1.807) is 0 Å². The van der Waals surface area contributed by atoms with Gasteiger partial charge in [-0.05, 0) is 57.1 Å². The third-order valence-electron chi connectivity index (χ3n) is 4.18. The molecule has 2 aromatic rings. The summed E-state index contributed by atoms with van der Waals surface area (Å²) in [5.41, 5.74) is 2.28. The zero-order valence-electron chi connectivity index (χ0n) is 13.5. The molecule has 1 atom stereocenters. The lowest BCUT2D eigenvalue weighted by atomic mass is 10.1. The fraction of sp³-hybridized carbons (Fsp3) is 0.588. The quantitative estimate of drug-likeness (QED) is 0.745. The molecule has 0 bridgehead atoms. The Balaban J connectivity index is 1.75. The van der Waals surface area contributed by atoms with Gasteiger partial charge in [-0.25, -0.2) is 4.98 Å². The molecule has 0 aromatic carbocycles. The van der Waals surface area contributed by atoms with E-state index >= 15 is 0 Å². The van der Waals surface area contributed by atoms with Gasteiger partial charge < -0.3 is 15.2 Å². The summed E-state index contributed by atoms with van der Waals surface area (Å²) < 4.78 is 0. The van der Waals surface area contributed by atoms with Crippen molar-refractivity contribution in [3.8, 4) is 0 Å². The van der Waals surface area contributed by atoms with Gasteiger partial charge in [-0.3, -0.25) is 0 Å². The van der Waals surface area contributed by atoms with Crippen molar-refractivity contribution in [2.45, 2.75) is 46.2 Å². The molecule has 2 N–H and O–H groups in total. The molecule has 4 heteroatoms. The van der Waals surface area contributed by atoms with Crippen molar-refractivity contribution in [3.05, 3.63) is 30.1 Å². The maximum absolute atomic E-state index is 4.33. The van der Waals surface area contributed by atoms with Crippen LogP contribution in [0, 0.1) is 0 Å². The molecule has 1 unspecified atom stereocenters. The third-order valence-corrected chi connectivity index (χ3v) is 4.18. The number of hydrogen-bond acceptors (Lipinski definition) is 3. The first-order chi connectivity index (χ1) is 10.2. The minimum absolute atomic E-state index is 0.544. The molecule has 4 nitrogen and oxygen atoms in total. The van der Waals surface area contributed by atoms with Gasteiger partial charge in [0.2, 0.25) is 0 Å². The second kappa shape index (κ2) is 8.15. The van der Waals surface area contributed by atoms with Crippen LogP contribution < -0.4 is 5.32 Å². The van der Waals surface area contributed by atoms with Crippen LogP contribution >= 0.6 is 0 Å². The number of nitrogens with zero attached hydrogens (tertiary/aromatic N) is 2. The highest BCUT2D eigenvalue weighted by atomic mass is 15.1. The van der Waals surface area contributed by atoms with Crippen LogP contribution in [-0.4, -0.2) is 40.5 Å². The first-order valence-electron chi connectivity index (χ1n) is 8.11. The summed E-state index contributed by atoms with van der Waals surface area (Å²) >= 11 is 0. The maximum Gasteiger partial charge on any atom is 0.137 e. The Morgan fingerprint density at radius 1 is 1.33 bits per heavy atom. The van der Waals surface area contributed by atoms with Gasteiger partial charge in [-0.1, -0.05) is 13.8 Å². The summed E-state index contributed by atoms with van der Waals surface area (Å²) in [5, 5.41) is 4.84. The van der Waals surface area contributed by atoms with E-state index in [1.807, 2.05) is 12.3 Å². The average Bonchev–Trinajstić information content (AvgIpc) is 2.93. The van der Waals surface area contributed by atoms with E-state index in [9.17, 15) is 0 Å². The second-order valence-electron chi connectivity index (χ2n) is 5.66. The Hall–Kier alpha value is -1.39. The van der Waals surface area contributed by atoms with E-state index in [0.29, 0.717) is 6.04 Å². The van der Waals surface area contributed by atoms with Gasteiger partial charge in [-0.15, -0.1) is 0 Å². The number of hydrogen-bond donors (Lipinski definition) is 2. The lowest BCUT2D eigenvalue weighted by Crippen LogP contribution is -2.28. The van der Waals surface area contributed by atoms with Crippen molar-refractivity contribution in [2.75, 3.05) is 19.6 Å². The van der Waals surface area contributed by atoms with Crippen LogP contribution in [0.4, 0.5) is 0 Å². The summed E-state index contributed by atoms with van der Waals surface area (Å²) in [7, 11) is 0. The van der Waals surface area contributed by atoms with Crippen LogP contribution in [0.2, 0.25) is 0 Å². The van der Waals surface area contributed by atoms with Crippen LogP contribution in [0.3, 0.4) is 0 Å². The predicted octanol–water partition coefficient (Wildman–Crippen LogP) is 3.16. The fourth-order valence-corrected chi connectivity index (χ4v) is 2.71. The van der Waals surface area contributed by atoms with Crippen molar-refractivity contribution < 1.29 is 0 Å². The number of nitrogens with one attached hydrogen (secondary N) is 2. The molecule has 0 amide bonds. The van der Waals surface area contributed by atoms with Gasteiger partial charge in [0.1, 0.15) is 5.65 Å². The van der Waals surface area contributed by atoms with Crippen molar-refractivity contribution in [3.63, 3.8) is 0 Å². The van der Waals surface area contributed by atoms with Gasteiger partial charge >= 0.3 is 0 Å². The molecule has 0 saturated heterocycles. The van der Waals surface area contributed by atoms with Gasteiger partial charge in [0, 0.05) is 30.4 Å². The zero-order valence-corrected chi connectivity index (χ0v) is 13.5. The van der Waals surface area contributed by atoms with Crippen LogP contribution in [0.1, 0.15) is 39.2 Å². The lowest BCUT2D eigenvalue weighted by Gasteiger charge is -2.19. The van der Waals surface area contributed by atoms with Crippen LogP contribution in [0.15, 0.2) is 24.5 Å². The number of H-pyrrole nitrogens is 1. The van der Waals surface area contributed by atoms with Crippen molar-refractivity contribution in [1.29, 1.82) is 0 Å². The number of fused-ring (bicyclic) bond motifs is 1. The van der Waals surface area contributed by atoms with Gasteiger partial charge in [0.05, 0.1) is 0 Å². The molecule has 116 valence electrons. The number of aromatic nitrogens is 2. The van der Waals surface area contributed by atoms with Crippen molar-refractivity contribution >= 4 is 11.0 Å². The Bertz CT molecular complexity index is 530. The van der Waals surface area contributed by atoms with Crippen molar-refractivity contribution in [1.82, 2.24) is 20.2 Å². The first kappa shape index (κ1) is 16.0. The maximum atomic E-state index is 4.33. The third kappa shape index (κ3) is 4.55. The van der Waals surface area contributed by atoms with Crippen LogP contribution in [-0.2, 0) is 6.54 Å². The summed E-state index contributed by atoms with van der Waals surface area (Å²) in [5.74, 6) is 0. The molecule has 2 rings (SSSR count). The fourth-order valence-electron chi connectivity index (χ4n) is 2.71. The van der Waals surface area contributed by atoms with Crippen LogP contribution in [0.5, 0.6) is 0 Å². The summed E-state index contributed by atoms with van der Waals surface area (Å²) in [6, 6.07) is 4.66. The molecule has 0 fully saturated rings. The molecule has 0 aliphatic rings. The Morgan fingerprint density at radius 3 is 2.90 bits per heavy atom. The largest absolute Gasteiger partial charge is 0.346 e. The summed E-state index contributed by atoms with van der Waals surface area (Å²) in [6.07, 6.45) is 6.36. The lowest BCUT2D eigenvalue weighted by molar-refractivity contribution is 0.290. The summed E-state index contributed by atoms with van der Waals surface area (Å²) in [4.78, 5) is 10.0. The number of pyridine rings is 1. The van der Waals surface area contributed by atoms with E-state index in [-0.39, 0.29) is 0 Å². The Labute approximate surface area is 128 Å². The number of aromatic amines is 1. The van der Waals surface area contributed by atoms with Gasteiger partial charge in [-0.2, -0.15) is 0 Å². The van der Waals surface area contributed by atoms with E-state index in [0.717, 1.165) is 25.3 Å². The molecule has 0 spiro atoms. The van der Waals surface area contributed by atoms with Gasteiger partial charge in [0.25, 0.3) is 0 Å². The SMILES string of the molecule is CCN(CC)CCCC(C)NCc1c[nH]c2ncccc12. The molecule has 2 aromatic heterocycles.